The average Bonchev–Trinajstić information content (AvgIpc) is 2.94. The molecule has 0 bridgehead atoms. The molecule has 1 heterocycles. The van der Waals surface area contributed by atoms with E-state index in [9.17, 15) is 5.11 Å². The predicted octanol–water partition coefficient (Wildman–Crippen LogP) is 4.10. The van der Waals surface area contributed by atoms with E-state index in [1.165, 1.54) is 31.2 Å². The molecule has 1 aromatic heterocycles. The average molecular weight is 287 g/mol. The van der Waals surface area contributed by atoms with Gasteiger partial charge < -0.3 is 14.4 Å². The van der Waals surface area contributed by atoms with Crippen molar-refractivity contribution in [2.45, 2.75) is 45.6 Å². The summed E-state index contributed by atoms with van der Waals surface area (Å²) in [6.45, 7) is 2.29. The molecule has 0 saturated heterocycles. The third-order valence-electron chi connectivity index (χ3n) is 3.89. The van der Waals surface area contributed by atoms with Gasteiger partial charge in [-0.1, -0.05) is 26.2 Å². The van der Waals surface area contributed by atoms with Gasteiger partial charge in [-0.05, 0) is 48.7 Å². The van der Waals surface area contributed by atoms with Crippen LogP contribution >= 0.6 is 0 Å². The van der Waals surface area contributed by atoms with E-state index in [0.29, 0.717) is 0 Å². The molecule has 0 spiro atoms. The van der Waals surface area contributed by atoms with Gasteiger partial charge in [0.05, 0.1) is 19.4 Å². The van der Waals surface area contributed by atoms with Crippen LogP contribution in [-0.2, 0) is 13.0 Å². The van der Waals surface area contributed by atoms with Crippen molar-refractivity contribution in [2.24, 2.45) is 0 Å². The molecule has 0 amide bonds. The summed E-state index contributed by atoms with van der Waals surface area (Å²) < 4.78 is 7.25. The Balaban J connectivity index is 2.14. The third-order valence-corrected chi connectivity index (χ3v) is 3.89. The highest BCUT2D eigenvalue weighted by Crippen LogP contribution is 2.21. The van der Waals surface area contributed by atoms with Gasteiger partial charge in [0, 0.05) is 11.9 Å². The molecular weight excluding hydrogens is 262 g/mol. The molecule has 0 saturated carbocycles. The first-order valence-corrected chi connectivity index (χ1v) is 7.74. The van der Waals surface area contributed by atoms with Gasteiger partial charge >= 0.3 is 0 Å². The highest BCUT2D eigenvalue weighted by atomic mass is 16.5. The van der Waals surface area contributed by atoms with E-state index in [1.54, 1.807) is 7.11 Å². The fraction of sp³-hybridized carbons (Fsp3) is 0.444. The molecule has 114 valence electrons. The van der Waals surface area contributed by atoms with Crippen LogP contribution in [0.1, 0.15) is 43.9 Å². The fourth-order valence-corrected chi connectivity index (χ4v) is 2.64. The number of aryl methyl sites for hydroxylation is 1. The largest absolute Gasteiger partial charge is 0.497 e. The van der Waals surface area contributed by atoms with Gasteiger partial charge in [0.2, 0.25) is 0 Å². The summed E-state index contributed by atoms with van der Waals surface area (Å²) in [5, 5.41) is 9.71. The number of aromatic nitrogens is 1. The SMILES string of the molecule is CCCCCCc1ccn(-c2ccc(OC)cc2)c1CO. The number of aliphatic hydroxyl groups excluding tert-OH is 1. The number of aliphatic hydroxyl groups is 1. The molecule has 1 aromatic carbocycles. The Hall–Kier alpha value is -1.74. The van der Waals surface area contributed by atoms with Crippen LogP contribution in [-0.4, -0.2) is 16.8 Å². The van der Waals surface area contributed by atoms with E-state index < -0.39 is 0 Å². The van der Waals surface area contributed by atoms with Gasteiger partial charge in [-0.2, -0.15) is 0 Å². The Morgan fingerprint density at radius 1 is 1.05 bits per heavy atom. The minimum Gasteiger partial charge on any atom is -0.497 e. The Bertz CT molecular complexity index is 543. The summed E-state index contributed by atoms with van der Waals surface area (Å²) in [5.41, 5.74) is 3.31. The zero-order valence-corrected chi connectivity index (χ0v) is 13.0. The number of hydrogen-bond donors (Lipinski definition) is 1. The maximum atomic E-state index is 9.71. The Morgan fingerprint density at radius 3 is 2.43 bits per heavy atom. The fourth-order valence-electron chi connectivity index (χ4n) is 2.64. The smallest absolute Gasteiger partial charge is 0.119 e. The lowest BCUT2D eigenvalue weighted by atomic mass is 10.1. The quantitative estimate of drug-likeness (QED) is 0.742. The van der Waals surface area contributed by atoms with Crippen LogP contribution in [0.4, 0.5) is 0 Å². The van der Waals surface area contributed by atoms with Crippen LogP contribution in [0.5, 0.6) is 5.75 Å². The van der Waals surface area contributed by atoms with E-state index in [1.807, 2.05) is 30.5 Å². The van der Waals surface area contributed by atoms with E-state index in [-0.39, 0.29) is 6.61 Å². The van der Waals surface area contributed by atoms with Crippen molar-refractivity contribution in [3.8, 4) is 11.4 Å². The number of benzene rings is 1. The molecule has 2 rings (SSSR count). The molecule has 0 atom stereocenters. The first kappa shape index (κ1) is 15.6. The Labute approximate surface area is 127 Å². The van der Waals surface area contributed by atoms with Crippen molar-refractivity contribution in [3.05, 3.63) is 47.8 Å². The molecule has 0 radical (unpaired) electrons. The highest BCUT2D eigenvalue weighted by Gasteiger charge is 2.09. The van der Waals surface area contributed by atoms with Gasteiger partial charge in [0.25, 0.3) is 0 Å². The normalized spacial score (nSPS) is 10.8. The second-order valence-electron chi connectivity index (χ2n) is 5.32. The van der Waals surface area contributed by atoms with Gasteiger partial charge in [-0.15, -0.1) is 0 Å². The number of ether oxygens (including phenoxy) is 1. The van der Waals surface area contributed by atoms with E-state index in [2.05, 4.69) is 17.6 Å². The number of unbranched alkanes of at least 4 members (excludes halogenated alkanes) is 3. The van der Waals surface area contributed by atoms with Crippen LogP contribution in [0.3, 0.4) is 0 Å². The number of rotatable bonds is 8. The molecule has 0 aliphatic heterocycles. The molecule has 0 aliphatic rings. The molecule has 0 aliphatic carbocycles. The van der Waals surface area contributed by atoms with Crippen LogP contribution in [0.15, 0.2) is 36.5 Å². The zero-order chi connectivity index (χ0) is 15.1. The lowest BCUT2D eigenvalue weighted by Crippen LogP contribution is -2.01. The maximum absolute atomic E-state index is 9.71. The summed E-state index contributed by atoms with van der Waals surface area (Å²) in [5.74, 6) is 0.844. The van der Waals surface area contributed by atoms with Crippen molar-refractivity contribution in [3.63, 3.8) is 0 Å². The van der Waals surface area contributed by atoms with E-state index >= 15 is 0 Å². The Kier molecular flexibility index (Phi) is 5.88. The lowest BCUT2D eigenvalue weighted by Gasteiger charge is -2.10. The third kappa shape index (κ3) is 3.88. The topological polar surface area (TPSA) is 34.4 Å². The molecule has 1 N–H and O–H groups in total. The molecular formula is C18H25NO2. The second kappa shape index (κ2) is 7.89. The molecule has 3 nitrogen and oxygen atoms in total. The monoisotopic (exact) mass is 287 g/mol. The van der Waals surface area contributed by atoms with Crippen molar-refractivity contribution in [1.29, 1.82) is 0 Å². The standard InChI is InChI=1S/C18H25NO2/c1-3-4-5-6-7-15-12-13-19(18(15)14-20)16-8-10-17(21-2)11-9-16/h8-13,20H,3-7,14H2,1-2H3. The maximum Gasteiger partial charge on any atom is 0.119 e. The highest BCUT2D eigenvalue weighted by molar-refractivity contribution is 5.41. The summed E-state index contributed by atoms with van der Waals surface area (Å²) in [7, 11) is 1.66. The second-order valence-corrected chi connectivity index (χ2v) is 5.32. The van der Waals surface area contributed by atoms with Gasteiger partial charge in [-0.3, -0.25) is 0 Å². The molecule has 0 unspecified atom stereocenters. The Morgan fingerprint density at radius 2 is 1.81 bits per heavy atom. The number of nitrogens with zero attached hydrogens (tertiary/aromatic N) is 1. The van der Waals surface area contributed by atoms with Gasteiger partial charge in [0.15, 0.2) is 0 Å². The number of hydrogen-bond acceptors (Lipinski definition) is 2. The van der Waals surface area contributed by atoms with E-state index in [4.69, 9.17) is 4.74 Å². The molecule has 3 heteroatoms. The van der Waals surface area contributed by atoms with Crippen molar-refractivity contribution in [1.82, 2.24) is 4.57 Å². The van der Waals surface area contributed by atoms with E-state index in [0.717, 1.165) is 23.6 Å². The van der Waals surface area contributed by atoms with Crippen molar-refractivity contribution < 1.29 is 9.84 Å². The summed E-state index contributed by atoms with van der Waals surface area (Å²) >= 11 is 0. The molecule has 21 heavy (non-hydrogen) atoms. The van der Waals surface area contributed by atoms with Crippen LogP contribution in [0, 0.1) is 0 Å². The zero-order valence-electron chi connectivity index (χ0n) is 13.0. The molecule has 2 aromatic rings. The summed E-state index contributed by atoms with van der Waals surface area (Å²) in [6.07, 6.45) is 8.07. The lowest BCUT2D eigenvalue weighted by molar-refractivity contribution is 0.273. The van der Waals surface area contributed by atoms with Crippen LogP contribution in [0.2, 0.25) is 0 Å². The van der Waals surface area contributed by atoms with Crippen molar-refractivity contribution in [2.75, 3.05) is 7.11 Å². The van der Waals surface area contributed by atoms with Crippen LogP contribution in [0.25, 0.3) is 5.69 Å². The minimum atomic E-state index is 0.0716. The summed E-state index contributed by atoms with van der Waals surface area (Å²) in [6, 6.07) is 10.0. The first-order valence-electron chi connectivity index (χ1n) is 7.74. The van der Waals surface area contributed by atoms with Crippen molar-refractivity contribution >= 4 is 0 Å². The first-order chi connectivity index (χ1) is 10.3. The minimum absolute atomic E-state index is 0.0716. The van der Waals surface area contributed by atoms with Gasteiger partial charge in [-0.25, -0.2) is 0 Å². The molecule has 0 fully saturated rings. The van der Waals surface area contributed by atoms with Crippen LogP contribution < -0.4 is 4.74 Å². The predicted molar refractivity (Wildman–Crippen MR) is 86.1 cm³/mol. The number of methoxy groups -OCH3 is 1. The van der Waals surface area contributed by atoms with Gasteiger partial charge in [0.1, 0.15) is 5.75 Å². The summed E-state index contributed by atoms with van der Waals surface area (Å²) in [4.78, 5) is 0.